The number of alkyl halides is 3. The number of hydrogen-bond donors (Lipinski definition) is 2. The van der Waals surface area contributed by atoms with Gasteiger partial charge in [0.05, 0.1) is 6.61 Å². The zero-order valence-corrected chi connectivity index (χ0v) is 7.83. The van der Waals surface area contributed by atoms with Crippen molar-refractivity contribution in [3.05, 3.63) is 29.6 Å². The van der Waals surface area contributed by atoms with Gasteiger partial charge in [0.1, 0.15) is 5.69 Å². The van der Waals surface area contributed by atoms with Crippen LogP contribution in [0.5, 0.6) is 0 Å². The van der Waals surface area contributed by atoms with Crippen molar-refractivity contribution >= 4 is 0 Å². The van der Waals surface area contributed by atoms with Crippen LogP contribution in [0.3, 0.4) is 0 Å². The van der Waals surface area contributed by atoms with E-state index in [1.165, 1.54) is 6.07 Å². The summed E-state index contributed by atoms with van der Waals surface area (Å²) in [7, 11) is 0. The lowest BCUT2D eigenvalue weighted by molar-refractivity contribution is -0.141. The average Bonchev–Trinajstić information content (AvgIpc) is 2.17. The SMILES string of the molecule is NC(CO)Cc1ccc(C(F)(F)F)nc1. The first-order valence-corrected chi connectivity index (χ1v) is 4.32. The molecule has 0 aliphatic carbocycles. The summed E-state index contributed by atoms with van der Waals surface area (Å²) in [5, 5.41) is 8.65. The van der Waals surface area contributed by atoms with Crippen LogP contribution < -0.4 is 5.73 Å². The van der Waals surface area contributed by atoms with Crippen LogP contribution in [0.2, 0.25) is 0 Å². The molecule has 0 spiro atoms. The highest BCUT2D eigenvalue weighted by Crippen LogP contribution is 2.27. The molecule has 0 aromatic carbocycles. The number of aliphatic hydroxyl groups excluding tert-OH is 1. The molecule has 1 aromatic rings. The predicted octanol–water partition coefficient (Wildman–Crippen LogP) is 0.963. The van der Waals surface area contributed by atoms with Crippen LogP contribution in [-0.2, 0) is 12.6 Å². The van der Waals surface area contributed by atoms with E-state index in [2.05, 4.69) is 4.98 Å². The third-order valence-electron chi connectivity index (χ3n) is 1.85. The zero-order valence-electron chi connectivity index (χ0n) is 7.83. The molecule has 0 radical (unpaired) electrons. The number of aromatic nitrogens is 1. The molecule has 0 fully saturated rings. The van der Waals surface area contributed by atoms with Crippen molar-refractivity contribution in [2.45, 2.75) is 18.6 Å². The topological polar surface area (TPSA) is 59.1 Å². The minimum Gasteiger partial charge on any atom is -0.395 e. The van der Waals surface area contributed by atoms with Crippen LogP contribution in [0, 0.1) is 0 Å². The number of nitrogens with two attached hydrogens (primary N) is 1. The maximum absolute atomic E-state index is 12.1. The van der Waals surface area contributed by atoms with Crippen LogP contribution in [0.25, 0.3) is 0 Å². The molecule has 0 aliphatic rings. The Hall–Kier alpha value is -1.14. The number of pyridine rings is 1. The van der Waals surface area contributed by atoms with E-state index in [4.69, 9.17) is 10.8 Å². The van der Waals surface area contributed by atoms with Crippen molar-refractivity contribution < 1.29 is 18.3 Å². The Morgan fingerprint density at radius 3 is 2.47 bits per heavy atom. The smallest absolute Gasteiger partial charge is 0.395 e. The molecule has 0 bridgehead atoms. The molecule has 3 N–H and O–H groups in total. The van der Waals surface area contributed by atoms with Crippen LogP contribution in [0.1, 0.15) is 11.3 Å². The molecule has 0 aliphatic heterocycles. The Morgan fingerprint density at radius 2 is 2.07 bits per heavy atom. The highest BCUT2D eigenvalue weighted by atomic mass is 19.4. The predicted molar refractivity (Wildman–Crippen MR) is 48.0 cm³/mol. The van der Waals surface area contributed by atoms with Crippen molar-refractivity contribution in [3.8, 4) is 0 Å². The van der Waals surface area contributed by atoms with Crippen molar-refractivity contribution in [3.63, 3.8) is 0 Å². The van der Waals surface area contributed by atoms with Crippen molar-refractivity contribution in [2.75, 3.05) is 6.61 Å². The number of rotatable bonds is 3. The molecule has 84 valence electrons. The fourth-order valence-electron chi connectivity index (χ4n) is 1.08. The van der Waals surface area contributed by atoms with E-state index in [-0.39, 0.29) is 6.61 Å². The number of nitrogens with zero attached hydrogens (tertiary/aromatic N) is 1. The van der Waals surface area contributed by atoms with Gasteiger partial charge in [-0.2, -0.15) is 13.2 Å². The van der Waals surface area contributed by atoms with Crippen LogP contribution in [0.15, 0.2) is 18.3 Å². The fourth-order valence-corrected chi connectivity index (χ4v) is 1.08. The maximum atomic E-state index is 12.1. The second kappa shape index (κ2) is 4.59. The molecule has 0 saturated carbocycles. The van der Waals surface area contributed by atoms with Gasteiger partial charge in [0, 0.05) is 12.2 Å². The highest BCUT2D eigenvalue weighted by Gasteiger charge is 2.31. The van der Waals surface area contributed by atoms with Gasteiger partial charge in [0.15, 0.2) is 0 Å². The van der Waals surface area contributed by atoms with Gasteiger partial charge in [0.25, 0.3) is 0 Å². The Kier molecular flexibility index (Phi) is 3.65. The summed E-state index contributed by atoms with van der Waals surface area (Å²) in [6.07, 6.45) is -2.99. The zero-order chi connectivity index (χ0) is 11.5. The molecule has 1 atom stereocenters. The van der Waals surface area contributed by atoms with Gasteiger partial charge in [-0.15, -0.1) is 0 Å². The summed E-state index contributed by atoms with van der Waals surface area (Å²) >= 11 is 0. The normalized spacial score (nSPS) is 13.9. The summed E-state index contributed by atoms with van der Waals surface area (Å²) in [4.78, 5) is 3.28. The first-order valence-electron chi connectivity index (χ1n) is 4.32. The van der Waals surface area contributed by atoms with Crippen LogP contribution in [0.4, 0.5) is 13.2 Å². The standard InChI is InChI=1S/C9H11F3N2O/c10-9(11,12)8-2-1-6(4-14-8)3-7(13)5-15/h1-2,4,7,15H,3,5,13H2. The molecule has 1 unspecified atom stereocenters. The molecule has 3 nitrogen and oxygen atoms in total. The van der Waals surface area contributed by atoms with E-state index >= 15 is 0 Å². The van der Waals surface area contributed by atoms with Gasteiger partial charge in [-0.3, -0.25) is 4.98 Å². The van der Waals surface area contributed by atoms with Crippen molar-refractivity contribution in [1.29, 1.82) is 0 Å². The van der Waals surface area contributed by atoms with E-state index in [1.54, 1.807) is 0 Å². The summed E-state index contributed by atoms with van der Waals surface area (Å²) in [6, 6.07) is 1.74. The Bertz CT molecular complexity index is 310. The number of aliphatic hydroxyl groups is 1. The number of hydrogen-bond acceptors (Lipinski definition) is 3. The van der Waals surface area contributed by atoms with Crippen LogP contribution >= 0.6 is 0 Å². The lowest BCUT2D eigenvalue weighted by Gasteiger charge is -2.09. The second-order valence-corrected chi connectivity index (χ2v) is 3.20. The van der Waals surface area contributed by atoms with E-state index in [9.17, 15) is 13.2 Å². The molecule has 1 heterocycles. The molecule has 15 heavy (non-hydrogen) atoms. The maximum Gasteiger partial charge on any atom is 0.433 e. The minimum atomic E-state index is -4.42. The quantitative estimate of drug-likeness (QED) is 0.797. The monoisotopic (exact) mass is 220 g/mol. The van der Waals surface area contributed by atoms with Gasteiger partial charge < -0.3 is 10.8 Å². The minimum absolute atomic E-state index is 0.207. The molecule has 6 heteroatoms. The largest absolute Gasteiger partial charge is 0.433 e. The van der Waals surface area contributed by atoms with Gasteiger partial charge in [-0.05, 0) is 18.1 Å². The van der Waals surface area contributed by atoms with Crippen LogP contribution in [-0.4, -0.2) is 22.7 Å². The summed E-state index contributed by atoms with van der Waals surface area (Å²) < 4.78 is 36.4. The third-order valence-corrected chi connectivity index (χ3v) is 1.85. The average molecular weight is 220 g/mol. The first-order chi connectivity index (χ1) is 6.93. The Labute approximate surface area is 84.7 Å². The molecule has 1 aromatic heterocycles. The highest BCUT2D eigenvalue weighted by molar-refractivity contribution is 5.16. The third kappa shape index (κ3) is 3.49. The summed E-state index contributed by atoms with van der Waals surface area (Å²) in [6.45, 7) is -0.207. The summed E-state index contributed by atoms with van der Waals surface area (Å²) in [5.41, 5.74) is 5.08. The lowest BCUT2D eigenvalue weighted by atomic mass is 10.1. The van der Waals surface area contributed by atoms with Gasteiger partial charge >= 0.3 is 6.18 Å². The molecule has 1 rings (SSSR count). The van der Waals surface area contributed by atoms with E-state index in [0.717, 1.165) is 12.3 Å². The van der Waals surface area contributed by atoms with E-state index in [1.807, 2.05) is 0 Å². The first kappa shape index (κ1) is 11.9. The van der Waals surface area contributed by atoms with Gasteiger partial charge in [0.2, 0.25) is 0 Å². The van der Waals surface area contributed by atoms with Gasteiger partial charge in [-0.1, -0.05) is 6.07 Å². The van der Waals surface area contributed by atoms with Crippen molar-refractivity contribution in [2.24, 2.45) is 5.73 Å². The Morgan fingerprint density at radius 1 is 1.40 bits per heavy atom. The molecule has 0 amide bonds. The number of halogens is 3. The van der Waals surface area contributed by atoms with E-state index in [0.29, 0.717) is 12.0 Å². The summed E-state index contributed by atoms with van der Waals surface area (Å²) in [5.74, 6) is 0. The van der Waals surface area contributed by atoms with Crippen molar-refractivity contribution in [1.82, 2.24) is 4.98 Å². The lowest BCUT2D eigenvalue weighted by Crippen LogP contribution is -2.26. The van der Waals surface area contributed by atoms with Gasteiger partial charge in [-0.25, -0.2) is 0 Å². The fraction of sp³-hybridized carbons (Fsp3) is 0.444. The molecule has 0 saturated heterocycles. The van der Waals surface area contributed by atoms with E-state index < -0.39 is 17.9 Å². The molecular formula is C9H11F3N2O. The Balaban J connectivity index is 2.73. The molecular weight excluding hydrogens is 209 g/mol. The second-order valence-electron chi connectivity index (χ2n) is 3.20.